The molecule has 4 rings (SSSR count). The van der Waals surface area contributed by atoms with Gasteiger partial charge in [0.1, 0.15) is 24.7 Å². The Morgan fingerprint density at radius 3 is 2.74 bits per heavy atom. The number of carbonyl (C=O) groups is 2. The van der Waals surface area contributed by atoms with E-state index in [1.165, 1.54) is 23.3 Å². The molecule has 0 aliphatic carbocycles. The van der Waals surface area contributed by atoms with Gasteiger partial charge in [-0.3, -0.25) is 9.59 Å². The van der Waals surface area contributed by atoms with E-state index in [1.807, 2.05) is 11.4 Å². The molecule has 0 spiro atoms. The van der Waals surface area contributed by atoms with Gasteiger partial charge in [-0.05, 0) is 72.2 Å². The highest BCUT2D eigenvalue weighted by Crippen LogP contribution is 2.34. The molecule has 34 heavy (non-hydrogen) atoms. The van der Waals surface area contributed by atoms with Crippen molar-refractivity contribution < 1.29 is 23.1 Å². The molecule has 8 heteroatoms. The first-order valence-corrected chi connectivity index (χ1v) is 12.4. The van der Waals surface area contributed by atoms with Crippen LogP contribution in [0.25, 0.3) is 0 Å². The molecule has 180 valence electrons. The molecule has 0 saturated carbocycles. The lowest BCUT2D eigenvalue weighted by Gasteiger charge is -2.37. The van der Waals surface area contributed by atoms with Gasteiger partial charge in [0.25, 0.3) is 5.91 Å². The Morgan fingerprint density at radius 2 is 2.03 bits per heavy atom. The first-order chi connectivity index (χ1) is 16.4. The molecule has 3 heterocycles. The minimum atomic E-state index is -0.329. The van der Waals surface area contributed by atoms with Crippen LogP contribution in [0.2, 0.25) is 0 Å². The Balaban J connectivity index is 1.51. The molecule has 2 amide bonds. The second-order valence-electron chi connectivity index (χ2n) is 8.80. The van der Waals surface area contributed by atoms with Crippen LogP contribution in [0, 0.1) is 11.7 Å². The molecular formula is C26H29FN2O4S. The third kappa shape index (κ3) is 5.67. The monoisotopic (exact) mass is 484 g/mol. The highest BCUT2D eigenvalue weighted by Gasteiger charge is 2.34. The van der Waals surface area contributed by atoms with Gasteiger partial charge in [-0.2, -0.15) is 0 Å². The summed E-state index contributed by atoms with van der Waals surface area (Å²) in [5.41, 5.74) is 1.07. The molecule has 3 aromatic rings. The average Bonchev–Trinajstić information content (AvgIpc) is 3.53. The van der Waals surface area contributed by atoms with E-state index < -0.39 is 0 Å². The molecule has 1 aliphatic heterocycles. The normalized spacial score (nSPS) is 15.3. The van der Waals surface area contributed by atoms with Crippen molar-refractivity contribution in [3.63, 3.8) is 0 Å². The number of hydrogen-bond donors (Lipinski definition) is 0. The summed E-state index contributed by atoms with van der Waals surface area (Å²) in [4.78, 5) is 31.2. The van der Waals surface area contributed by atoms with E-state index in [0.717, 1.165) is 18.4 Å². The topological polar surface area (TPSA) is 63.0 Å². The van der Waals surface area contributed by atoms with Gasteiger partial charge in [-0.1, -0.05) is 13.8 Å². The minimum Gasteiger partial charge on any atom is -0.491 e. The molecule has 0 saturated heterocycles. The van der Waals surface area contributed by atoms with E-state index in [4.69, 9.17) is 9.15 Å². The van der Waals surface area contributed by atoms with Crippen molar-refractivity contribution in [3.05, 3.63) is 76.1 Å². The second-order valence-corrected chi connectivity index (χ2v) is 9.80. The maximum atomic E-state index is 13.5. The van der Waals surface area contributed by atoms with Crippen LogP contribution in [-0.4, -0.2) is 47.9 Å². The zero-order chi connectivity index (χ0) is 24.1. The number of carbonyl (C=O) groups excluding carboxylic acids is 2. The van der Waals surface area contributed by atoms with Crippen LogP contribution in [0.15, 0.2) is 58.5 Å². The van der Waals surface area contributed by atoms with Crippen molar-refractivity contribution in [2.75, 3.05) is 26.2 Å². The predicted octanol–water partition coefficient (Wildman–Crippen LogP) is 5.17. The second kappa shape index (κ2) is 10.9. The van der Waals surface area contributed by atoms with E-state index in [2.05, 4.69) is 13.8 Å². The summed E-state index contributed by atoms with van der Waals surface area (Å²) in [5.74, 6) is 0.417. The summed E-state index contributed by atoms with van der Waals surface area (Å²) in [6.07, 6.45) is 3.01. The minimum absolute atomic E-state index is 0.0290. The highest BCUT2D eigenvalue weighted by molar-refractivity contribution is 7.10. The smallest absolute Gasteiger partial charge is 0.290 e. The number of hydrogen-bond acceptors (Lipinski definition) is 5. The third-order valence-electron chi connectivity index (χ3n) is 5.96. The molecule has 0 radical (unpaired) electrons. The van der Waals surface area contributed by atoms with Crippen LogP contribution in [0.3, 0.4) is 0 Å². The van der Waals surface area contributed by atoms with Crippen LogP contribution in [0.1, 0.15) is 47.3 Å². The van der Waals surface area contributed by atoms with Gasteiger partial charge in [-0.15, -0.1) is 11.3 Å². The fraction of sp³-hybridized carbons (Fsp3) is 0.385. The summed E-state index contributed by atoms with van der Waals surface area (Å²) in [6.45, 7) is 5.41. The van der Waals surface area contributed by atoms with Crippen LogP contribution in [-0.2, 0) is 11.2 Å². The Hall–Kier alpha value is -3.13. The Labute approximate surface area is 202 Å². The van der Waals surface area contributed by atoms with Gasteiger partial charge in [0.15, 0.2) is 5.76 Å². The lowest BCUT2D eigenvalue weighted by Crippen LogP contribution is -2.48. The molecule has 1 aliphatic rings. The maximum absolute atomic E-state index is 13.5. The van der Waals surface area contributed by atoms with Crippen molar-refractivity contribution in [1.82, 2.24) is 9.80 Å². The van der Waals surface area contributed by atoms with Gasteiger partial charge < -0.3 is 19.0 Å². The van der Waals surface area contributed by atoms with E-state index in [9.17, 15) is 14.0 Å². The third-order valence-corrected chi connectivity index (χ3v) is 6.95. The molecule has 1 atom stereocenters. The lowest BCUT2D eigenvalue weighted by molar-refractivity contribution is -0.135. The van der Waals surface area contributed by atoms with Crippen molar-refractivity contribution >= 4 is 23.2 Å². The highest BCUT2D eigenvalue weighted by atomic mass is 32.1. The van der Waals surface area contributed by atoms with E-state index >= 15 is 0 Å². The maximum Gasteiger partial charge on any atom is 0.290 e. The number of amides is 2. The molecule has 2 aromatic heterocycles. The number of ether oxygens (including phenoxy) is 1. The van der Waals surface area contributed by atoms with Crippen molar-refractivity contribution in [2.45, 2.75) is 32.7 Å². The number of halogens is 1. The molecule has 6 nitrogen and oxygen atoms in total. The lowest BCUT2D eigenvalue weighted by atomic mass is 10.0. The first kappa shape index (κ1) is 24.0. The zero-order valence-electron chi connectivity index (χ0n) is 19.4. The number of thiophene rings is 1. The van der Waals surface area contributed by atoms with Crippen LogP contribution < -0.4 is 4.74 Å². The number of nitrogens with zero attached hydrogens (tertiary/aromatic N) is 2. The van der Waals surface area contributed by atoms with Crippen LogP contribution >= 0.6 is 11.3 Å². The van der Waals surface area contributed by atoms with Crippen molar-refractivity contribution in [1.29, 1.82) is 0 Å². The van der Waals surface area contributed by atoms with Crippen LogP contribution in [0.4, 0.5) is 4.39 Å². The number of benzene rings is 1. The number of fused-ring (bicyclic) bond motifs is 1. The SMILES string of the molecule is CC(C)CCN(CC(=O)N1CCc2sccc2[C@@H]1COc1ccc(F)cc1)C(=O)c1ccco1. The predicted molar refractivity (Wildman–Crippen MR) is 128 cm³/mol. The zero-order valence-corrected chi connectivity index (χ0v) is 20.2. The molecule has 0 unspecified atom stereocenters. The number of rotatable bonds is 9. The van der Waals surface area contributed by atoms with Gasteiger partial charge in [0.2, 0.25) is 5.91 Å². The quantitative estimate of drug-likeness (QED) is 0.420. The van der Waals surface area contributed by atoms with E-state index in [-0.39, 0.29) is 42.6 Å². The average molecular weight is 485 g/mol. The molecular weight excluding hydrogens is 455 g/mol. The molecule has 1 aromatic carbocycles. The van der Waals surface area contributed by atoms with Crippen molar-refractivity contribution in [3.8, 4) is 5.75 Å². The van der Waals surface area contributed by atoms with E-state index in [0.29, 0.717) is 24.8 Å². The Bertz CT molecular complexity index is 1090. The van der Waals surface area contributed by atoms with E-state index in [1.54, 1.807) is 45.4 Å². The van der Waals surface area contributed by atoms with Gasteiger partial charge in [0.05, 0.1) is 12.3 Å². The Kier molecular flexibility index (Phi) is 7.67. The summed E-state index contributed by atoms with van der Waals surface area (Å²) in [6, 6.07) is 10.9. The largest absolute Gasteiger partial charge is 0.491 e. The molecule has 0 bridgehead atoms. The van der Waals surface area contributed by atoms with Gasteiger partial charge in [-0.25, -0.2) is 4.39 Å². The standard InChI is InChI=1S/C26H29FN2O4S/c1-18(2)9-12-28(26(31)23-4-3-14-32-23)16-25(30)29-13-10-24-21(11-15-34-24)22(29)17-33-20-7-5-19(27)6-8-20/h3-8,11,14-15,18,22H,9-10,12-13,16-17H2,1-2H3/t22-/m0/s1. The summed E-state index contributed by atoms with van der Waals surface area (Å²) >= 11 is 1.67. The summed E-state index contributed by atoms with van der Waals surface area (Å²) in [7, 11) is 0. The van der Waals surface area contributed by atoms with Crippen molar-refractivity contribution in [2.24, 2.45) is 5.92 Å². The van der Waals surface area contributed by atoms with Gasteiger partial charge >= 0.3 is 0 Å². The molecule has 0 fully saturated rings. The summed E-state index contributed by atoms with van der Waals surface area (Å²) in [5, 5.41) is 2.03. The fourth-order valence-corrected chi connectivity index (χ4v) is 4.99. The Morgan fingerprint density at radius 1 is 1.24 bits per heavy atom. The number of furan rings is 1. The fourth-order valence-electron chi connectivity index (χ4n) is 4.06. The summed E-state index contributed by atoms with van der Waals surface area (Å²) < 4.78 is 24.5. The van der Waals surface area contributed by atoms with Gasteiger partial charge in [0, 0.05) is 18.0 Å². The molecule has 0 N–H and O–H groups in total. The van der Waals surface area contributed by atoms with Crippen LogP contribution in [0.5, 0.6) is 5.75 Å². The first-order valence-electron chi connectivity index (χ1n) is 11.5.